The lowest BCUT2D eigenvalue weighted by atomic mass is 9.64. The van der Waals surface area contributed by atoms with Crippen molar-refractivity contribution in [2.45, 2.75) is 37.8 Å². The van der Waals surface area contributed by atoms with Gasteiger partial charge >= 0.3 is 5.69 Å². The number of likely N-dealkylation sites (tertiary alicyclic amines) is 1. The van der Waals surface area contributed by atoms with Crippen LogP contribution in [-0.2, 0) is 6.54 Å². The summed E-state index contributed by atoms with van der Waals surface area (Å²) in [6, 6.07) is 15.7. The van der Waals surface area contributed by atoms with Crippen LogP contribution in [0.15, 0.2) is 53.3 Å². The number of nitrogens with zero attached hydrogens (tertiary/aromatic N) is 3. The Morgan fingerprint density at radius 1 is 0.931 bits per heavy atom. The Labute approximate surface area is 169 Å². The van der Waals surface area contributed by atoms with Gasteiger partial charge in [0, 0.05) is 32.2 Å². The number of halogens is 1. The van der Waals surface area contributed by atoms with Crippen LogP contribution < -0.4 is 5.69 Å². The second-order valence-corrected chi connectivity index (χ2v) is 9.10. The van der Waals surface area contributed by atoms with Crippen molar-refractivity contribution in [1.82, 2.24) is 14.0 Å². The maximum absolute atomic E-state index is 13.2. The molecule has 3 fully saturated rings. The minimum Gasteiger partial charge on any atom is -0.301 e. The third-order valence-corrected chi connectivity index (χ3v) is 7.36. The van der Waals surface area contributed by atoms with E-state index in [-0.39, 0.29) is 11.5 Å². The Hall–Kier alpha value is -2.40. The molecule has 150 valence electrons. The van der Waals surface area contributed by atoms with Crippen LogP contribution in [0.5, 0.6) is 0 Å². The third-order valence-electron chi connectivity index (χ3n) is 7.36. The van der Waals surface area contributed by atoms with Gasteiger partial charge < -0.3 is 4.90 Å². The maximum atomic E-state index is 13.2. The lowest BCUT2D eigenvalue weighted by molar-refractivity contribution is 0.191. The molecule has 1 aromatic heterocycles. The molecule has 0 radical (unpaired) electrons. The SMILES string of the molecule is O=c1n(CCN2CC3C[C@H](c4ccc(F)cc4)[C@H]3C2)c2ccccc2n1C1CC1. The lowest BCUT2D eigenvalue weighted by Gasteiger charge is -2.40. The number of fused-ring (bicyclic) bond motifs is 2. The van der Waals surface area contributed by atoms with Gasteiger partial charge in [-0.05, 0) is 66.8 Å². The first kappa shape index (κ1) is 17.5. The Kier molecular flexibility index (Phi) is 3.95. The van der Waals surface area contributed by atoms with Crippen molar-refractivity contribution >= 4 is 11.0 Å². The van der Waals surface area contributed by atoms with Gasteiger partial charge in [-0.1, -0.05) is 24.3 Å². The van der Waals surface area contributed by atoms with E-state index in [0.717, 1.165) is 56.0 Å². The van der Waals surface area contributed by atoms with Gasteiger partial charge in [-0.15, -0.1) is 0 Å². The number of para-hydroxylation sites is 2. The van der Waals surface area contributed by atoms with Gasteiger partial charge in [0.25, 0.3) is 0 Å². The summed E-state index contributed by atoms with van der Waals surface area (Å²) in [6.45, 7) is 3.88. The van der Waals surface area contributed by atoms with Crippen molar-refractivity contribution in [3.63, 3.8) is 0 Å². The van der Waals surface area contributed by atoms with Crippen LogP contribution >= 0.6 is 0 Å². The Morgan fingerprint density at radius 2 is 1.69 bits per heavy atom. The molecule has 0 amide bonds. The van der Waals surface area contributed by atoms with Crippen LogP contribution in [-0.4, -0.2) is 33.7 Å². The van der Waals surface area contributed by atoms with E-state index in [9.17, 15) is 9.18 Å². The largest absolute Gasteiger partial charge is 0.329 e. The van der Waals surface area contributed by atoms with Gasteiger partial charge in [0.1, 0.15) is 5.82 Å². The second-order valence-electron chi connectivity index (χ2n) is 9.10. The van der Waals surface area contributed by atoms with Crippen molar-refractivity contribution in [3.05, 3.63) is 70.4 Å². The van der Waals surface area contributed by atoms with E-state index in [1.54, 1.807) is 12.1 Å². The normalized spacial score (nSPS) is 26.6. The Morgan fingerprint density at radius 3 is 2.45 bits per heavy atom. The zero-order valence-electron chi connectivity index (χ0n) is 16.5. The summed E-state index contributed by atoms with van der Waals surface area (Å²) in [6.07, 6.45) is 3.44. The van der Waals surface area contributed by atoms with Crippen molar-refractivity contribution in [2.75, 3.05) is 19.6 Å². The molecular weight excluding hydrogens is 365 g/mol. The highest BCUT2D eigenvalue weighted by Gasteiger charge is 2.47. The summed E-state index contributed by atoms with van der Waals surface area (Å²) in [7, 11) is 0. The maximum Gasteiger partial charge on any atom is 0.329 e. The van der Waals surface area contributed by atoms with E-state index < -0.39 is 0 Å². The first-order valence-corrected chi connectivity index (χ1v) is 10.9. The number of rotatable bonds is 5. The van der Waals surface area contributed by atoms with E-state index in [4.69, 9.17) is 0 Å². The summed E-state index contributed by atoms with van der Waals surface area (Å²) in [5.41, 5.74) is 3.58. The smallest absolute Gasteiger partial charge is 0.301 e. The molecule has 4 nitrogen and oxygen atoms in total. The van der Waals surface area contributed by atoms with Crippen LogP contribution in [0.3, 0.4) is 0 Å². The molecule has 5 heteroatoms. The van der Waals surface area contributed by atoms with Crippen molar-refractivity contribution < 1.29 is 4.39 Å². The molecule has 2 aromatic carbocycles. The average molecular weight is 391 g/mol. The highest BCUT2D eigenvalue weighted by atomic mass is 19.1. The molecule has 1 unspecified atom stereocenters. The van der Waals surface area contributed by atoms with E-state index in [2.05, 4.69) is 17.0 Å². The molecule has 29 heavy (non-hydrogen) atoms. The first-order chi connectivity index (χ1) is 14.2. The van der Waals surface area contributed by atoms with Gasteiger partial charge in [-0.25, -0.2) is 9.18 Å². The second kappa shape index (κ2) is 6.56. The lowest BCUT2D eigenvalue weighted by Crippen LogP contribution is -2.33. The average Bonchev–Trinajstić information content (AvgIpc) is 3.44. The zero-order chi connectivity index (χ0) is 19.5. The predicted octanol–water partition coefficient (Wildman–Crippen LogP) is 4.01. The predicted molar refractivity (Wildman–Crippen MR) is 112 cm³/mol. The van der Waals surface area contributed by atoms with Gasteiger partial charge in [-0.2, -0.15) is 0 Å². The summed E-state index contributed by atoms with van der Waals surface area (Å²) in [4.78, 5) is 15.6. The van der Waals surface area contributed by atoms with E-state index >= 15 is 0 Å². The number of imidazole rings is 1. The van der Waals surface area contributed by atoms with Crippen LogP contribution in [0.2, 0.25) is 0 Å². The highest BCUT2D eigenvalue weighted by Crippen LogP contribution is 2.51. The molecule has 0 N–H and O–H groups in total. The topological polar surface area (TPSA) is 30.2 Å². The van der Waals surface area contributed by atoms with E-state index in [1.807, 2.05) is 33.4 Å². The molecule has 1 aliphatic heterocycles. The first-order valence-electron chi connectivity index (χ1n) is 10.9. The monoisotopic (exact) mass is 391 g/mol. The third kappa shape index (κ3) is 2.86. The van der Waals surface area contributed by atoms with Gasteiger partial charge in [0.05, 0.1) is 11.0 Å². The molecule has 3 aliphatic rings. The standard InChI is InChI=1S/C24H26FN3O/c25-18-7-5-16(6-8-18)20-13-17-14-26(15-21(17)20)11-12-27-22-3-1-2-4-23(22)28(24(27)29)19-9-10-19/h1-8,17,19-21H,9-15H2/t17?,20-,21+/m1/s1. The van der Waals surface area contributed by atoms with Crippen molar-refractivity contribution in [3.8, 4) is 0 Å². The fourth-order valence-corrected chi connectivity index (χ4v) is 5.65. The van der Waals surface area contributed by atoms with Gasteiger partial charge in [-0.3, -0.25) is 9.13 Å². The number of hydrogen-bond donors (Lipinski definition) is 0. The fourth-order valence-electron chi connectivity index (χ4n) is 5.65. The molecular formula is C24H26FN3O. The Bertz CT molecular complexity index is 1110. The molecule has 2 heterocycles. The number of aromatic nitrogens is 2. The van der Waals surface area contributed by atoms with Crippen molar-refractivity contribution in [2.24, 2.45) is 11.8 Å². The summed E-state index contributed by atoms with van der Waals surface area (Å²) in [5.74, 6) is 1.82. The van der Waals surface area contributed by atoms with Gasteiger partial charge in [0.2, 0.25) is 0 Å². The van der Waals surface area contributed by atoms with Crippen molar-refractivity contribution in [1.29, 1.82) is 0 Å². The van der Waals surface area contributed by atoms with E-state index in [0.29, 0.717) is 17.9 Å². The summed E-state index contributed by atoms with van der Waals surface area (Å²) >= 11 is 0. The van der Waals surface area contributed by atoms with Crippen LogP contribution in [0.1, 0.15) is 36.8 Å². The highest BCUT2D eigenvalue weighted by molar-refractivity contribution is 5.76. The van der Waals surface area contributed by atoms with Crippen LogP contribution in [0.4, 0.5) is 4.39 Å². The molecule has 3 atom stereocenters. The van der Waals surface area contributed by atoms with Crippen LogP contribution in [0, 0.1) is 17.7 Å². The molecule has 2 aliphatic carbocycles. The van der Waals surface area contributed by atoms with Crippen LogP contribution in [0.25, 0.3) is 11.0 Å². The zero-order valence-corrected chi connectivity index (χ0v) is 16.5. The summed E-state index contributed by atoms with van der Waals surface area (Å²) in [5, 5.41) is 0. The molecule has 3 aromatic rings. The molecule has 0 spiro atoms. The quantitative estimate of drug-likeness (QED) is 0.658. The Balaban J connectivity index is 1.17. The minimum absolute atomic E-state index is 0.153. The fraction of sp³-hybridized carbons (Fsp3) is 0.458. The molecule has 6 rings (SSSR count). The minimum atomic E-state index is -0.159. The molecule has 2 saturated carbocycles. The summed E-state index contributed by atoms with van der Waals surface area (Å²) < 4.78 is 17.2. The number of hydrogen-bond acceptors (Lipinski definition) is 2. The molecule has 1 saturated heterocycles. The van der Waals surface area contributed by atoms with E-state index in [1.165, 1.54) is 12.0 Å². The van der Waals surface area contributed by atoms with Gasteiger partial charge in [0.15, 0.2) is 0 Å². The molecule has 0 bridgehead atoms. The number of benzene rings is 2.